The molecular weight excluding hydrogens is 255 g/mol. The number of halogens is 1. The molecule has 0 atom stereocenters. The molecule has 18 heavy (non-hydrogen) atoms. The second-order valence-electron chi connectivity index (χ2n) is 3.98. The Labute approximate surface area is 107 Å². The molecule has 0 radical (unpaired) electrons. The highest BCUT2D eigenvalue weighted by Crippen LogP contribution is 2.23. The lowest BCUT2D eigenvalue weighted by molar-refractivity contribution is 0.497. The average Bonchev–Trinajstić information content (AvgIpc) is 2.32. The fourth-order valence-corrected chi connectivity index (χ4v) is 2.96. The lowest BCUT2D eigenvalue weighted by Gasteiger charge is -2.17. The van der Waals surface area contributed by atoms with E-state index in [0.717, 1.165) is 4.31 Å². The molecule has 6 heteroatoms. The van der Waals surface area contributed by atoms with E-state index in [-0.39, 0.29) is 23.5 Å². The van der Waals surface area contributed by atoms with Gasteiger partial charge in [0.2, 0.25) is 10.0 Å². The van der Waals surface area contributed by atoms with Crippen molar-refractivity contribution in [3.63, 3.8) is 0 Å². The molecule has 0 heterocycles. The quantitative estimate of drug-likeness (QED) is 0.824. The van der Waals surface area contributed by atoms with Gasteiger partial charge in [-0.25, -0.2) is 12.8 Å². The van der Waals surface area contributed by atoms with Crippen LogP contribution in [0.5, 0.6) is 0 Å². The molecule has 1 aromatic carbocycles. The first kappa shape index (κ1) is 14.8. The minimum absolute atomic E-state index is 0.0488. The largest absolute Gasteiger partial charge is 0.326 e. The summed E-state index contributed by atoms with van der Waals surface area (Å²) in [5.41, 5.74) is 5.97. The van der Waals surface area contributed by atoms with Crippen molar-refractivity contribution in [2.75, 3.05) is 13.6 Å². The van der Waals surface area contributed by atoms with Gasteiger partial charge in [-0.1, -0.05) is 6.08 Å². The van der Waals surface area contributed by atoms with Crippen LogP contribution in [0.25, 0.3) is 0 Å². The van der Waals surface area contributed by atoms with Crippen LogP contribution in [0.2, 0.25) is 0 Å². The van der Waals surface area contributed by atoms with E-state index in [1.165, 1.54) is 32.2 Å². The van der Waals surface area contributed by atoms with Gasteiger partial charge in [-0.2, -0.15) is 4.31 Å². The second kappa shape index (κ2) is 5.60. The molecule has 4 nitrogen and oxygen atoms in total. The summed E-state index contributed by atoms with van der Waals surface area (Å²) < 4.78 is 39.2. The van der Waals surface area contributed by atoms with Crippen molar-refractivity contribution < 1.29 is 12.8 Å². The molecule has 0 saturated carbocycles. The summed E-state index contributed by atoms with van der Waals surface area (Å²) in [5, 5.41) is 0. The highest BCUT2D eigenvalue weighted by molar-refractivity contribution is 7.89. The van der Waals surface area contributed by atoms with Crippen LogP contribution in [0.15, 0.2) is 29.7 Å². The van der Waals surface area contributed by atoms with E-state index in [9.17, 15) is 12.8 Å². The van der Waals surface area contributed by atoms with Crippen LogP contribution in [-0.4, -0.2) is 26.3 Å². The number of hydrogen-bond acceptors (Lipinski definition) is 3. The Kier molecular flexibility index (Phi) is 4.61. The zero-order valence-corrected chi connectivity index (χ0v) is 11.3. The number of sulfonamides is 1. The standard InChI is InChI=1S/C12H17FN2O2S/c1-4-5-15(3)18(16,17)12-7-10(8-14)6-11(13)9(12)2/h4,6-7H,1,5,8,14H2,2-3H3. The van der Waals surface area contributed by atoms with Gasteiger partial charge in [0.1, 0.15) is 5.82 Å². The van der Waals surface area contributed by atoms with Gasteiger partial charge < -0.3 is 5.73 Å². The van der Waals surface area contributed by atoms with Crippen LogP contribution in [0, 0.1) is 12.7 Å². The first-order valence-electron chi connectivity index (χ1n) is 5.41. The number of nitrogens with two attached hydrogens (primary N) is 1. The van der Waals surface area contributed by atoms with Gasteiger partial charge in [-0.15, -0.1) is 6.58 Å². The van der Waals surface area contributed by atoms with Gasteiger partial charge in [-0.3, -0.25) is 0 Å². The maximum atomic E-state index is 13.6. The van der Waals surface area contributed by atoms with E-state index in [1.54, 1.807) is 0 Å². The third kappa shape index (κ3) is 2.77. The summed E-state index contributed by atoms with van der Waals surface area (Å²) in [7, 11) is -2.30. The molecular formula is C12H17FN2O2S. The van der Waals surface area contributed by atoms with Gasteiger partial charge in [-0.05, 0) is 24.6 Å². The normalized spacial score (nSPS) is 11.8. The van der Waals surface area contributed by atoms with Crippen molar-refractivity contribution in [3.05, 3.63) is 41.7 Å². The summed E-state index contributed by atoms with van der Waals surface area (Å²) in [4.78, 5) is -0.0488. The number of hydrogen-bond donors (Lipinski definition) is 1. The Morgan fingerprint density at radius 2 is 2.11 bits per heavy atom. The molecule has 0 bridgehead atoms. The van der Waals surface area contributed by atoms with Crippen LogP contribution < -0.4 is 5.73 Å². The van der Waals surface area contributed by atoms with Gasteiger partial charge in [0.25, 0.3) is 0 Å². The van der Waals surface area contributed by atoms with Crippen LogP contribution in [-0.2, 0) is 16.6 Å². The first-order chi connectivity index (χ1) is 8.34. The van der Waals surface area contributed by atoms with Gasteiger partial charge in [0, 0.05) is 25.7 Å². The van der Waals surface area contributed by atoms with Crippen molar-refractivity contribution >= 4 is 10.0 Å². The summed E-state index contributed by atoms with van der Waals surface area (Å²) in [6.45, 7) is 5.17. The Hall–Kier alpha value is -1.24. The van der Waals surface area contributed by atoms with Crippen LogP contribution in [0.1, 0.15) is 11.1 Å². The third-order valence-electron chi connectivity index (χ3n) is 2.67. The van der Waals surface area contributed by atoms with Crippen molar-refractivity contribution in [1.29, 1.82) is 0 Å². The average molecular weight is 272 g/mol. The van der Waals surface area contributed by atoms with Crippen molar-refractivity contribution in [3.8, 4) is 0 Å². The van der Waals surface area contributed by atoms with Crippen molar-refractivity contribution in [2.45, 2.75) is 18.4 Å². The maximum absolute atomic E-state index is 13.6. The molecule has 0 unspecified atom stereocenters. The van der Waals surface area contributed by atoms with Gasteiger partial charge in [0.05, 0.1) is 4.90 Å². The number of benzene rings is 1. The molecule has 100 valence electrons. The molecule has 1 aromatic rings. The Bertz CT molecular complexity index is 555. The molecule has 0 aliphatic heterocycles. The molecule has 0 fully saturated rings. The highest BCUT2D eigenvalue weighted by atomic mass is 32.2. The smallest absolute Gasteiger partial charge is 0.243 e. The van der Waals surface area contributed by atoms with Crippen molar-refractivity contribution in [1.82, 2.24) is 4.31 Å². The highest BCUT2D eigenvalue weighted by Gasteiger charge is 2.24. The van der Waals surface area contributed by atoms with E-state index in [1.807, 2.05) is 0 Å². The molecule has 0 amide bonds. The lowest BCUT2D eigenvalue weighted by Crippen LogP contribution is -2.28. The maximum Gasteiger partial charge on any atom is 0.243 e. The van der Waals surface area contributed by atoms with Gasteiger partial charge >= 0.3 is 0 Å². The zero-order valence-electron chi connectivity index (χ0n) is 10.5. The SMILES string of the molecule is C=CCN(C)S(=O)(=O)c1cc(CN)cc(F)c1C. The van der Waals surface area contributed by atoms with E-state index in [4.69, 9.17) is 5.73 Å². The second-order valence-corrected chi connectivity index (χ2v) is 5.99. The monoisotopic (exact) mass is 272 g/mol. The van der Waals surface area contributed by atoms with E-state index in [2.05, 4.69) is 6.58 Å². The fourth-order valence-electron chi connectivity index (χ4n) is 1.54. The Balaban J connectivity index is 3.40. The van der Waals surface area contributed by atoms with Crippen LogP contribution in [0.4, 0.5) is 4.39 Å². The molecule has 0 aromatic heterocycles. The van der Waals surface area contributed by atoms with E-state index >= 15 is 0 Å². The molecule has 0 aliphatic carbocycles. The summed E-state index contributed by atoms with van der Waals surface area (Å²) in [6.07, 6.45) is 1.47. The third-order valence-corrected chi connectivity index (χ3v) is 4.62. The zero-order chi connectivity index (χ0) is 13.9. The van der Waals surface area contributed by atoms with E-state index in [0.29, 0.717) is 5.56 Å². The number of nitrogens with zero attached hydrogens (tertiary/aromatic N) is 1. The first-order valence-corrected chi connectivity index (χ1v) is 6.85. The molecule has 0 saturated heterocycles. The summed E-state index contributed by atoms with van der Waals surface area (Å²) >= 11 is 0. The summed E-state index contributed by atoms with van der Waals surface area (Å²) in [5.74, 6) is -0.566. The molecule has 0 spiro atoms. The number of likely N-dealkylation sites (N-methyl/N-ethyl adjacent to an activating group) is 1. The fraction of sp³-hybridized carbons (Fsp3) is 0.333. The topological polar surface area (TPSA) is 63.4 Å². The Morgan fingerprint density at radius 3 is 2.61 bits per heavy atom. The molecule has 1 rings (SSSR count). The Morgan fingerprint density at radius 1 is 1.50 bits per heavy atom. The molecule has 0 aliphatic rings. The minimum atomic E-state index is -3.72. The minimum Gasteiger partial charge on any atom is -0.326 e. The van der Waals surface area contributed by atoms with E-state index < -0.39 is 15.8 Å². The summed E-state index contributed by atoms with van der Waals surface area (Å²) in [6, 6.07) is 2.66. The van der Waals surface area contributed by atoms with Gasteiger partial charge in [0.15, 0.2) is 0 Å². The van der Waals surface area contributed by atoms with Crippen molar-refractivity contribution in [2.24, 2.45) is 5.73 Å². The lowest BCUT2D eigenvalue weighted by atomic mass is 10.1. The molecule has 2 N–H and O–H groups in total. The van der Waals surface area contributed by atoms with Crippen LogP contribution in [0.3, 0.4) is 0 Å². The number of rotatable bonds is 5. The van der Waals surface area contributed by atoms with Crippen LogP contribution >= 0.6 is 0 Å². The predicted octanol–water partition coefficient (Wildman–Crippen LogP) is 1.40. The predicted molar refractivity (Wildman–Crippen MR) is 69.0 cm³/mol.